The summed E-state index contributed by atoms with van der Waals surface area (Å²) in [6.45, 7) is 1.35. The van der Waals surface area contributed by atoms with E-state index in [4.69, 9.17) is 4.74 Å². The Morgan fingerprint density at radius 3 is 2.92 bits per heavy atom. The van der Waals surface area contributed by atoms with Gasteiger partial charge in [0.25, 0.3) is 0 Å². The summed E-state index contributed by atoms with van der Waals surface area (Å²) in [5, 5.41) is 17.0. The quantitative estimate of drug-likeness (QED) is 0.469. The monoisotopic (exact) mass is 334 g/mol. The molecule has 0 aliphatic rings. The van der Waals surface area contributed by atoms with Crippen molar-refractivity contribution in [3.8, 4) is 0 Å². The topological polar surface area (TPSA) is 87.8 Å². The summed E-state index contributed by atoms with van der Waals surface area (Å²) in [4.78, 5) is 8.67. The molecule has 0 bridgehead atoms. The van der Waals surface area contributed by atoms with Crippen LogP contribution in [0.25, 0.3) is 21.8 Å². The highest BCUT2D eigenvalue weighted by Gasteiger charge is 2.07. The van der Waals surface area contributed by atoms with Crippen LogP contribution in [0.1, 0.15) is 0 Å². The van der Waals surface area contributed by atoms with E-state index in [1.165, 1.54) is 0 Å². The molecular formula is C18H18N6O. The van der Waals surface area contributed by atoms with Crippen LogP contribution in [-0.2, 0) is 4.74 Å². The van der Waals surface area contributed by atoms with Gasteiger partial charge in [-0.05, 0) is 41.8 Å². The van der Waals surface area contributed by atoms with Crippen molar-refractivity contribution < 1.29 is 4.74 Å². The average Bonchev–Trinajstić information content (AvgIpc) is 3.05. The van der Waals surface area contributed by atoms with E-state index in [9.17, 15) is 0 Å². The minimum atomic E-state index is 0.637. The summed E-state index contributed by atoms with van der Waals surface area (Å²) in [6.07, 6.45) is 3.54. The number of nitrogens with one attached hydrogen (secondary N) is 3. The predicted molar refractivity (Wildman–Crippen MR) is 99.3 cm³/mol. The molecule has 0 spiro atoms. The van der Waals surface area contributed by atoms with Gasteiger partial charge in [0, 0.05) is 37.1 Å². The highest BCUT2D eigenvalue weighted by atomic mass is 16.5. The van der Waals surface area contributed by atoms with Gasteiger partial charge in [-0.3, -0.25) is 5.10 Å². The lowest BCUT2D eigenvalue weighted by Gasteiger charge is -2.10. The molecule has 126 valence electrons. The fourth-order valence-electron chi connectivity index (χ4n) is 2.75. The van der Waals surface area contributed by atoms with Gasteiger partial charge in [-0.1, -0.05) is 0 Å². The molecule has 0 atom stereocenters. The smallest absolute Gasteiger partial charge is 0.161 e. The number of methoxy groups -OCH3 is 1. The number of nitrogens with zero attached hydrogens (tertiary/aromatic N) is 3. The van der Waals surface area contributed by atoms with E-state index in [2.05, 4.69) is 36.9 Å². The largest absolute Gasteiger partial charge is 0.383 e. The van der Waals surface area contributed by atoms with Gasteiger partial charge in [0.1, 0.15) is 5.82 Å². The van der Waals surface area contributed by atoms with E-state index in [1.54, 1.807) is 19.5 Å². The molecule has 0 aliphatic carbocycles. The van der Waals surface area contributed by atoms with Gasteiger partial charge >= 0.3 is 0 Å². The number of hydrogen-bond donors (Lipinski definition) is 3. The molecule has 7 heteroatoms. The summed E-state index contributed by atoms with van der Waals surface area (Å²) >= 11 is 0. The van der Waals surface area contributed by atoms with Gasteiger partial charge in [-0.25, -0.2) is 9.97 Å². The maximum absolute atomic E-state index is 5.07. The molecule has 4 aromatic rings. The molecule has 7 nitrogen and oxygen atoms in total. The normalized spacial score (nSPS) is 11.1. The van der Waals surface area contributed by atoms with Gasteiger partial charge in [0.05, 0.1) is 12.0 Å². The Hall–Kier alpha value is -3.19. The molecule has 0 saturated heterocycles. The number of H-pyrrole nitrogens is 1. The van der Waals surface area contributed by atoms with Crippen LogP contribution >= 0.6 is 0 Å². The van der Waals surface area contributed by atoms with Crippen LogP contribution in [0, 0.1) is 0 Å². The summed E-state index contributed by atoms with van der Waals surface area (Å²) in [5.74, 6) is 1.62. The first kappa shape index (κ1) is 15.3. The number of ether oxygens (including phenoxy) is 1. The molecule has 4 rings (SSSR count). The zero-order valence-electron chi connectivity index (χ0n) is 13.8. The van der Waals surface area contributed by atoms with Gasteiger partial charge in [0.2, 0.25) is 0 Å². The van der Waals surface area contributed by atoms with Crippen molar-refractivity contribution in [2.24, 2.45) is 0 Å². The lowest BCUT2D eigenvalue weighted by molar-refractivity contribution is 0.210. The minimum absolute atomic E-state index is 0.637. The van der Waals surface area contributed by atoms with Crippen LogP contribution in [-0.4, -0.2) is 40.4 Å². The van der Waals surface area contributed by atoms with Crippen LogP contribution in [0.3, 0.4) is 0 Å². The molecule has 0 fully saturated rings. The third-order valence-electron chi connectivity index (χ3n) is 3.96. The molecule has 1 aromatic carbocycles. The van der Waals surface area contributed by atoms with Crippen molar-refractivity contribution in [2.45, 2.75) is 0 Å². The van der Waals surface area contributed by atoms with Gasteiger partial charge in [0.15, 0.2) is 11.5 Å². The fraction of sp³-hybridized carbons (Fsp3) is 0.167. The Morgan fingerprint density at radius 2 is 2.00 bits per heavy atom. The average molecular weight is 334 g/mol. The molecule has 0 unspecified atom stereocenters. The first-order valence-corrected chi connectivity index (χ1v) is 8.03. The third kappa shape index (κ3) is 3.09. The molecule has 0 aliphatic heterocycles. The van der Waals surface area contributed by atoms with E-state index in [0.29, 0.717) is 6.61 Å². The van der Waals surface area contributed by atoms with Crippen LogP contribution in [0.4, 0.5) is 17.3 Å². The lowest BCUT2D eigenvalue weighted by atomic mass is 10.1. The standard InChI is InChI=1S/C18H18N6O/c1-25-10-9-21-16-14-5-4-13(11-12(14)6-8-20-16)22-18-15-3-2-7-19-17(15)23-24-18/h2-8,11H,9-10H2,1H3,(H,20,21)(H2,19,22,23,24). The number of benzene rings is 1. The fourth-order valence-corrected chi connectivity index (χ4v) is 2.75. The number of aromatic amines is 1. The SMILES string of the molecule is COCCNc1nccc2cc(Nc3n[nH]c4ncccc34)ccc12. The van der Waals surface area contributed by atoms with E-state index in [1.807, 2.05) is 30.3 Å². The second-order valence-electron chi connectivity index (χ2n) is 5.61. The Labute approximate surface area is 144 Å². The van der Waals surface area contributed by atoms with Gasteiger partial charge in [-0.2, -0.15) is 5.10 Å². The predicted octanol–water partition coefficient (Wildman–Crippen LogP) is 3.31. The lowest BCUT2D eigenvalue weighted by Crippen LogP contribution is -2.09. The molecule has 0 radical (unpaired) electrons. The molecule has 0 saturated carbocycles. The zero-order chi connectivity index (χ0) is 17.1. The van der Waals surface area contributed by atoms with Crippen molar-refractivity contribution in [3.05, 3.63) is 48.8 Å². The first-order valence-electron chi connectivity index (χ1n) is 8.03. The number of hydrogen-bond acceptors (Lipinski definition) is 6. The minimum Gasteiger partial charge on any atom is -0.383 e. The maximum atomic E-state index is 5.07. The Balaban J connectivity index is 1.63. The summed E-state index contributed by atoms with van der Waals surface area (Å²) < 4.78 is 5.07. The number of pyridine rings is 2. The summed E-state index contributed by atoms with van der Waals surface area (Å²) in [5.41, 5.74) is 1.72. The van der Waals surface area contributed by atoms with E-state index < -0.39 is 0 Å². The van der Waals surface area contributed by atoms with Crippen molar-refractivity contribution in [2.75, 3.05) is 30.9 Å². The molecule has 0 amide bonds. The molecule has 3 aromatic heterocycles. The highest BCUT2D eigenvalue weighted by molar-refractivity contribution is 5.95. The van der Waals surface area contributed by atoms with E-state index in [-0.39, 0.29) is 0 Å². The number of aromatic nitrogens is 4. The van der Waals surface area contributed by atoms with Gasteiger partial charge < -0.3 is 15.4 Å². The zero-order valence-corrected chi connectivity index (χ0v) is 13.8. The Kier molecular flexibility index (Phi) is 4.14. The van der Waals surface area contributed by atoms with Crippen molar-refractivity contribution in [1.29, 1.82) is 0 Å². The number of rotatable bonds is 6. The van der Waals surface area contributed by atoms with Crippen LogP contribution in [0.15, 0.2) is 48.8 Å². The summed E-state index contributed by atoms with van der Waals surface area (Å²) in [6, 6.07) is 12.0. The highest BCUT2D eigenvalue weighted by Crippen LogP contribution is 2.27. The molecule has 25 heavy (non-hydrogen) atoms. The Bertz CT molecular complexity index is 1010. The van der Waals surface area contributed by atoms with Crippen LogP contribution in [0.2, 0.25) is 0 Å². The van der Waals surface area contributed by atoms with Crippen molar-refractivity contribution >= 4 is 39.1 Å². The van der Waals surface area contributed by atoms with Crippen LogP contribution in [0.5, 0.6) is 0 Å². The van der Waals surface area contributed by atoms with Crippen LogP contribution < -0.4 is 10.6 Å². The first-order chi connectivity index (χ1) is 12.3. The second kappa shape index (κ2) is 6.74. The third-order valence-corrected chi connectivity index (χ3v) is 3.96. The second-order valence-corrected chi connectivity index (χ2v) is 5.61. The van der Waals surface area contributed by atoms with E-state index in [0.717, 1.165) is 45.7 Å². The summed E-state index contributed by atoms with van der Waals surface area (Å²) in [7, 11) is 1.68. The maximum Gasteiger partial charge on any atom is 0.161 e. The number of anilines is 3. The van der Waals surface area contributed by atoms with Gasteiger partial charge in [-0.15, -0.1) is 0 Å². The van der Waals surface area contributed by atoms with Crippen molar-refractivity contribution in [1.82, 2.24) is 20.2 Å². The molecular weight excluding hydrogens is 316 g/mol. The Morgan fingerprint density at radius 1 is 1.04 bits per heavy atom. The number of fused-ring (bicyclic) bond motifs is 2. The molecule has 3 heterocycles. The molecule has 3 N–H and O–H groups in total. The van der Waals surface area contributed by atoms with E-state index >= 15 is 0 Å². The van der Waals surface area contributed by atoms with Crippen molar-refractivity contribution in [3.63, 3.8) is 0 Å².